The van der Waals surface area contributed by atoms with Crippen molar-refractivity contribution >= 4 is 16.9 Å². The molecule has 0 spiro atoms. The highest BCUT2D eigenvalue weighted by molar-refractivity contribution is 5.89. The fourth-order valence-electron chi connectivity index (χ4n) is 3.67. The van der Waals surface area contributed by atoms with Crippen molar-refractivity contribution in [1.82, 2.24) is 14.9 Å². The predicted molar refractivity (Wildman–Crippen MR) is 130 cm³/mol. The van der Waals surface area contributed by atoms with Crippen LogP contribution in [0, 0.1) is 0 Å². The van der Waals surface area contributed by atoms with E-state index in [-0.39, 0.29) is 34.5 Å². The summed E-state index contributed by atoms with van der Waals surface area (Å²) in [5, 5.41) is 13.6. The van der Waals surface area contributed by atoms with Crippen LogP contribution in [0.15, 0.2) is 71.8 Å². The van der Waals surface area contributed by atoms with Gasteiger partial charge in [0, 0.05) is 36.0 Å². The fourth-order valence-corrected chi connectivity index (χ4v) is 3.67. The maximum atomic E-state index is 13.0. The van der Waals surface area contributed by atoms with Crippen LogP contribution in [-0.2, 0) is 13.0 Å². The third kappa shape index (κ3) is 5.35. The minimum atomic E-state index is -0.747. The molecule has 9 nitrogen and oxygen atoms in total. The highest BCUT2D eigenvalue weighted by atomic mass is 16.6. The number of aromatic hydroxyl groups is 1. The van der Waals surface area contributed by atoms with Crippen LogP contribution in [-0.4, -0.2) is 41.5 Å². The smallest absolute Gasteiger partial charge is 0.414 e. The molecule has 0 aliphatic carbocycles. The van der Waals surface area contributed by atoms with E-state index in [1.165, 1.54) is 10.8 Å². The van der Waals surface area contributed by atoms with E-state index in [9.17, 15) is 14.7 Å². The normalized spacial score (nSPS) is 10.7. The van der Waals surface area contributed by atoms with Gasteiger partial charge in [-0.2, -0.15) is 0 Å². The first kappa shape index (κ1) is 23.6. The first-order valence-corrected chi connectivity index (χ1v) is 10.9. The highest BCUT2D eigenvalue weighted by Crippen LogP contribution is 2.31. The number of hydrogen-bond acceptors (Lipinski definition) is 7. The van der Waals surface area contributed by atoms with Crippen LogP contribution in [0.2, 0.25) is 0 Å². The molecule has 0 radical (unpaired) electrons. The Morgan fingerprint density at radius 2 is 1.86 bits per heavy atom. The van der Waals surface area contributed by atoms with Crippen molar-refractivity contribution in [2.45, 2.75) is 13.0 Å². The predicted octanol–water partition coefficient (Wildman–Crippen LogP) is 3.50. The summed E-state index contributed by atoms with van der Waals surface area (Å²) in [6, 6.07) is 16.6. The lowest BCUT2D eigenvalue weighted by molar-refractivity contribution is 0.197. The number of pyridine rings is 2. The number of hydrogen-bond donors (Lipinski definition) is 2. The zero-order chi connectivity index (χ0) is 24.8. The molecule has 2 aromatic carbocycles. The summed E-state index contributed by atoms with van der Waals surface area (Å²) in [7, 11) is 3.11. The summed E-state index contributed by atoms with van der Waals surface area (Å²) in [6.45, 7) is 0.599. The Morgan fingerprint density at radius 1 is 1.06 bits per heavy atom. The van der Waals surface area contributed by atoms with Gasteiger partial charge >= 0.3 is 6.09 Å². The van der Waals surface area contributed by atoms with E-state index < -0.39 is 6.09 Å². The first-order valence-electron chi connectivity index (χ1n) is 10.9. The second-order valence-electron chi connectivity index (χ2n) is 7.72. The molecule has 0 aliphatic heterocycles. The Balaban J connectivity index is 1.49. The van der Waals surface area contributed by atoms with Crippen molar-refractivity contribution < 1.29 is 24.1 Å². The summed E-state index contributed by atoms with van der Waals surface area (Å²) in [5.41, 5.74) is 1.49. The van der Waals surface area contributed by atoms with E-state index in [4.69, 9.17) is 14.2 Å². The number of fused-ring (bicyclic) bond motifs is 1. The second kappa shape index (κ2) is 10.6. The quantitative estimate of drug-likeness (QED) is 0.401. The lowest BCUT2D eigenvalue weighted by Crippen LogP contribution is -2.29. The van der Waals surface area contributed by atoms with Gasteiger partial charge in [0.1, 0.15) is 11.5 Å². The van der Waals surface area contributed by atoms with Crippen LogP contribution in [0.25, 0.3) is 10.8 Å². The molecular weight excluding hydrogens is 450 g/mol. The number of nitrogens with zero attached hydrogens (tertiary/aromatic N) is 2. The van der Waals surface area contributed by atoms with Gasteiger partial charge in [-0.25, -0.2) is 9.78 Å². The van der Waals surface area contributed by atoms with Gasteiger partial charge in [0.2, 0.25) is 0 Å². The van der Waals surface area contributed by atoms with Crippen molar-refractivity contribution in [3.05, 3.63) is 88.5 Å². The average molecular weight is 476 g/mol. The minimum Gasteiger partial charge on any atom is -0.503 e. The molecule has 0 aliphatic rings. The molecule has 0 atom stereocenters. The third-order valence-corrected chi connectivity index (χ3v) is 5.52. The molecule has 0 unspecified atom stereocenters. The molecule has 35 heavy (non-hydrogen) atoms. The van der Waals surface area contributed by atoms with Gasteiger partial charge in [-0.05, 0) is 30.2 Å². The van der Waals surface area contributed by atoms with Crippen molar-refractivity contribution in [3.8, 4) is 23.1 Å². The zero-order valence-electron chi connectivity index (χ0n) is 19.4. The fraction of sp³-hybridized carbons (Fsp3) is 0.192. The van der Waals surface area contributed by atoms with Crippen LogP contribution in [0.1, 0.15) is 11.1 Å². The monoisotopic (exact) mass is 475 g/mol. The van der Waals surface area contributed by atoms with Crippen molar-refractivity contribution in [1.29, 1.82) is 0 Å². The number of carbonyl (C=O) groups is 1. The van der Waals surface area contributed by atoms with Crippen LogP contribution < -0.4 is 25.1 Å². The van der Waals surface area contributed by atoms with Crippen LogP contribution in [0.5, 0.6) is 23.1 Å². The minimum absolute atomic E-state index is 0.189. The summed E-state index contributed by atoms with van der Waals surface area (Å²) in [4.78, 5) is 29.2. The maximum absolute atomic E-state index is 13.0. The number of amides is 1. The molecule has 2 N–H and O–H groups in total. The van der Waals surface area contributed by atoms with Crippen LogP contribution in [0.4, 0.5) is 4.79 Å². The Kier molecular flexibility index (Phi) is 7.15. The van der Waals surface area contributed by atoms with Crippen molar-refractivity contribution in [2.75, 3.05) is 20.8 Å². The van der Waals surface area contributed by atoms with Crippen LogP contribution in [0.3, 0.4) is 0 Å². The number of nitrogens with one attached hydrogen (secondary N) is 1. The number of benzene rings is 2. The molecule has 0 saturated heterocycles. The largest absolute Gasteiger partial charge is 0.503 e. The molecule has 180 valence electrons. The highest BCUT2D eigenvalue weighted by Gasteiger charge is 2.16. The molecule has 2 heterocycles. The maximum Gasteiger partial charge on any atom is 0.414 e. The van der Waals surface area contributed by atoms with Gasteiger partial charge in [0.15, 0.2) is 5.75 Å². The number of methoxy groups -OCH3 is 2. The van der Waals surface area contributed by atoms with E-state index in [1.54, 1.807) is 38.6 Å². The van der Waals surface area contributed by atoms with E-state index in [0.29, 0.717) is 24.5 Å². The Labute approximate surface area is 201 Å². The number of aromatic nitrogens is 2. The number of rotatable bonds is 8. The van der Waals surface area contributed by atoms with Gasteiger partial charge < -0.3 is 29.2 Å². The van der Waals surface area contributed by atoms with E-state index in [0.717, 1.165) is 11.1 Å². The molecule has 9 heteroatoms. The van der Waals surface area contributed by atoms with Gasteiger partial charge in [-0.15, -0.1) is 0 Å². The van der Waals surface area contributed by atoms with Gasteiger partial charge in [0.25, 0.3) is 11.4 Å². The molecule has 1 amide bonds. The standard InChI is InChI=1S/C26H25N3O6/c1-33-19-9-8-18(22(14-19)34-2)16-29-13-11-20-21(25(29)31)15-28-24(23(20)30)35-26(32)27-12-10-17-6-4-3-5-7-17/h3-9,11,13-15,30H,10,12,16H2,1-2H3,(H,27,32). The van der Waals surface area contributed by atoms with Gasteiger partial charge in [-0.1, -0.05) is 30.3 Å². The average Bonchev–Trinajstić information content (AvgIpc) is 2.88. The molecule has 4 rings (SSSR count). The molecule has 0 saturated carbocycles. The molecule has 0 fully saturated rings. The van der Waals surface area contributed by atoms with Crippen LogP contribution >= 0.6 is 0 Å². The van der Waals surface area contributed by atoms with Crippen molar-refractivity contribution in [2.24, 2.45) is 0 Å². The molecule has 4 aromatic rings. The molecule has 0 bridgehead atoms. The van der Waals surface area contributed by atoms with Crippen molar-refractivity contribution in [3.63, 3.8) is 0 Å². The topological polar surface area (TPSA) is 112 Å². The summed E-state index contributed by atoms with van der Waals surface area (Å²) < 4.78 is 17.3. The molecule has 2 aromatic heterocycles. The Bertz CT molecular complexity index is 1400. The third-order valence-electron chi connectivity index (χ3n) is 5.52. The zero-order valence-corrected chi connectivity index (χ0v) is 19.4. The lowest BCUT2D eigenvalue weighted by Gasteiger charge is -2.13. The molecular formula is C26H25N3O6. The number of carbonyl (C=O) groups excluding carboxylic acids is 1. The van der Waals surface area contributed by atoms with Gasteiger partial charge in [0.05, 0.1) is 26.2 Å². The Hall–Kier alpha value is -4.53. The number of ether oxygens (including phenoxy) is 3. The first-order chi connectivity index (χ1) is 17.0. The summed E-state index contributed by atoms with van der Waals surface area (Å²) in [6.07, 6.45) is 2.72. The summed E-state index contributed by atoms with van der Waals surface area (Å²) >= 11 is 0. The van der Waals surface area contributed by atoms with E-state index in [2.05, 4.69) is 10.3 Å². The van der Waals surface area contributed by atoms with E-state index in [1.807, 2.05) is 36.4 Å². The second-order valence-corrected chi connectivity index (χ2v) is 7.72. The SMILES string of the molecule is COc1ccc(Cn2ccc3c(O)c(OC(=O)NCCc4ccccc4)ncc3c2=O)c(OC)c1. The Morgan fingerprint density at radius 3 is 2.60 bits per heavy atom. The summed E-state index contributed by atoms with van der Waals surface area (Å²) in [5.74, 6) is 0.567. The van der Waals surface area contributed by atoms with Gasteiger partial charge in [-0.3, -0.25) is 4.79 Å². The van der Waals surface area contributed by atoms with E-state index >= 15 is 0 Å². The lowest BCUT2D eigenvalue weighted by atomic mass is 10.1.